The molecule has 1 N–H and O–H groups in total. The predicted molar refractivity (Wildman–Crippen MR) is 153 cm³/mol. The zero-order chi connectivity index (χ0) is 26.7. The monoisotopic (exact) mass is 531 g/mol. The number of rotatable bonds is 11. The minimum atomic E-state index is -0.583. The number of methoxy groups -OCH3 is 1. The van der Waals surface area contributed by atoms with Crippen molar-refractivity contribution in [2.24, 2.45) is 4.99 Å². The van der Waals surface area contributed by atoms with Crippen molar-refractivity contribution < 1.29 is 19.1 Å². The second-order valence-electron chi connectivity index (χ2n) is 8.90. The molecule has 4 rings (SSSR count). The molecule has 8 heteroatoms. The normalized spacial score (nSPS) is 16.4. The highest BCUT2D eigenvalue weighted by molar-refractivity contribution is 8.15. The van der Waals surface area contributed by atoms with Crippen molar-refractivity contribution in [1.82, 2.24) is 4.90 Å². The van der Waals surface area contributed by atoms with Crippen LogP contribution >= 0.6 is 11.8 Å². The van der Waals surface area contributed by atoms with Crippen LogP contribution in [0.5, 0.6) is 11.5 Å². The van der Waals surface area contributed by atoms with E-state index in [-0.39, 0.29) is 18.2 Å². The molecule has 1 unspecified atom stereocenters. The lowest BCUT2D eigenvalue weighted by atomic mass is 10.1. The number of amidine groups is 1. The number of thioether (sulfide) groups is 1. The number of nitrogens with zero attached hydrogens (tertiary/aromatic N) is 2. The molecule has 1 saturated heterocycles. The maximum Gasteiger partial charge on any atom is 0.238 e. The van der Waals surface area contributed by atoms with E-state index in [2.05, 4.69) is 17.4 Å². The van der Waals surface area contributed by atoms with Crippen LogP contribution in [-0.4, -0.2) is 47.4 Å². The fourth-order valence-corrected chi connectivity index (χ4v) is 5.12. The van der Waals surface area contributed by atoms with E-state index in [0.29, 0.717) is 29.7 Å². The summed E-state index contributed by atoms with van der Waals surface area (Å²) in [5.41, 5.74) is 2.57. The lowest BCUT2D eigenvalue weighted by Crippen LogP contribution is -2.45. The molecule has 0 spiro atoms. The van der Waals surface area contributed by atoms with E-state index in [1.54, 1.807) is 24.1 Å². The number of carbonyl (C=O) groups is 2. The molecular formula is C30H33N3O4S. The first kappa shape index (κ1) is 27.3. The number of nitrogens with one attached hydrogen (secondary N) is 1. The summed E-state index contributed by atoms with van der Waals surface area (Å²) in [6.45, 7) is 3.22. The van der Waals surface area contributed by atoms with Crippen molar-refractivity contribution in [3.63, 3.8) is 0 Å². The highest BCUT2D eigenvalue weighted by atomic mass is 32.2. The Labute approximate surface area is 228 Å². The summed E-state index contributed by atoms with van der Waals surface area (Å²) >= 11 is 1.32. The Balaban J connectivity index is 1.47. The maximum atomic E-state index is 13.3. The molecule has 198 valence electrons. The number of benzene rings is 3. The number of hydrogen-bond donors (Lipinski definition) is 1. The lowest BCUT2D eigenvalue weighted by molar-refractivity contribution is -0.129. The number of aryl methyl sites for hydroxylation is 1. The topological polar surface area (TPSA) is 80.2 Å². The molecule has 1 heterocycles. The van der Waals surface area contributed by atoms with Gasteiger partial charge in [-0.05, 0) is 73.4 Å². The van der Waals surface area contributed by atoms with Gasteiger partial charge in [0.15, 0.2) is 5.17 Å². The summed E-state index contributed by atoms with van der Waals surface area (Å²) in [7, 11) is 1.61. The second kappa shape index (κ2) is 13.7. The fraction of sp³-hybridized carbons (Fsp3) is 0.300. The number of carbonyl (C=O) groups excluding carboxylic acids is 2. The third-order valence-electron chi connectivity index (χ3n) is 6.01. The molecule has 38 heavy (non-hydrogen) atoms. The van der Waals surface area contributed by atoms with Gasteiger partial charge in [-0.1, -0.05) is 49.0 Å². The van der Waals surface area contributed by atoms with Crippen LogP contribution in [0.1, 0.15) is 31.7 Å². The van der Waals surface area contributed by atoms with Crippen LogP contribution in [0.2, 0.25) is 0 Å². The highest BCUT2D eigenvalue weighted by Crippen LogP contribution is 2.31. The third-order valence-corrected chi connectivity index (χ3v) is 7.20. The first-order chi connectivity index (χ1) is 18.6. The van der Waals surface area contributed by atoms with Crippen LogP contribution in [0.3, 0.4) is 0 Å². The van der Waals surface area contributed by atoms with E-state index in [1.165, 1.54) is 17.3 Å². The molecule has 0 saturated carbocycles. The van der Waals surface area contributed by atoms with Gasteiger partial charge in [0.05, 0.1) is 19.4 Å². The maximum absolute atomic E-state index is 13.3. The molecule has 1 aliphatic rings. The van der Waals surface area contributed by atoms with Crippen LogP contribution in [0.25, 0.3) is 0 Å². The third kappa shape index (κ3) is 7.61. The molecule has 0 aliphatic carbocycles. The minimum absolute atomic E-state index is 0.104. The van der Waals surface area contributed by atoms with Gasteiger partial charge in [0, 0.05) is 18.7 Å². The Morgan fingerprint density at radius 3 is 2.42 bits per heavy atom. The van der Waals surface area contributed by atoms with Crippen LogP contribution in [0.4, 0.5) is 11.4 Å². The van der Waals surface area contributed by atoms with Gasteiger partial charge in [-0.15, -0.1) is 0 Å². The molecular weight excluding hydrogens is 498 g/mol. The molecule has 0 bridgehead atoms. The quantitative estimate of drug-likeness (QED) is 0.325. The average Bonchev–Trinajstić information content (AvgIpc) is 2.95. The lowest BCUT2D eigenvalue weighted by Gasteiger charge is -2.32. The smallest absolute Gasteiger partial charge is 0.238 e. The summed E-state index contributed by atoms with van der Waals surface area (Å²) in [5, 5.41) is 2.88. The largest absolute Gasteiger partial charge is 0.497 e. The summed E-state index contributed by atoms with van der Waals surface area (Å²) in [5.74, 6) is 1.15. The average molecular weight is 532 g/mol. The molecule has 0 radical (unpaired) electrons. The number of hydrogen-bond acceptors (Lipinski definition) is 6. The van der Waals surface area contributed by atoms with Crippen LogP contribution in [0.15, 0.2) is 83.9 Å². The van der Waals surface area contributed by atoms with Crippen molar-refractivity contribution >= 4 is 40.1 Å². The Morgan fingerprint density at radius 2 is 1.74 bits per heavy atom. The summed E-state index contributed by atoms with van der Waals surface area (Å²) < 4.78 is 10.9. The first-order valence-corrected chi connectivity index (χ1v) is 13.7. The Kier molecular flexibility index (Phi) is 9.81. The van der Waals surface area contributed by atoms with Crippen molar-refractivity contribution in [3.05, 3.63) is 84.4 Å². The Bertz CT molecular complexity index is 1230. The minimum Gasteiger partial charge on any atom is -0.497 e. The molecule has 3 aromatic rings. The van der Waals surface area contributed by atoms with Gasteiger partial charge in [-0.2, -0.15) is 0 Å². The molecule has 0 aromatic heterocycles. The molecule has 1 fully saturated rings. The van der Waals surface area contributed by atoms with E-state index >= 15 is 0 Å². The van der Waals surface area contributed by atoms with Gasteiger partial charge in [-0.3, -0.25) is 14.5 Å². The fourth-order valence-electron chi connectivity index (χ4n) is 3.99. The zero-order valence-corrected chi connectivity index (χ0v) is 22.6. The molecule has 1 atom stereocenters. The summed E-state index contributed by atoms with van der Waals surface area (Å²) in [6, 6.07) is 24.8. The SMILES string of the molecule is CCCOc1ccc(NC(=O)C2CC(=O)N(CCCc3ccccc3)C(=Nc3ccc(OC)cc3)S2)cc1. The van der Waals surface area contributed by atoms with Crippen LogP contribution in [0, 0.1) is 0 Å². The van der Waals surface area contributed by atoms with E-state index < -0.39 is 5.25 Å². The number of aliphatic imine (C=N–C) groups is 1. The predicted octanol–water partition coefficient (Wildman–Crippen LogP) is 6.08. The Hall–Kier alpha value is -3.78. The highest BCUT2D eigenvalue weighted by Gasteiger charge is 2.35. The second-order valence-corrected chi connectivity index (χ2v) is 10.1. The zero-order valence-electron chi connectivity index (χ0n) is 21.8. The molecule has 1 aliphatic heterocycles. The van der Waals surface area contributed by atoms with Crippen molar-refractivity contribution in [2.45, 2.75) is 37.9 Å². The van der Waals surface area contributed by atoms with Gasteiger partial charge >= 0.3 is 0 Å². The molecule has 7 nitrogen and oxygen atoms in total. The number of amides is 2. The van der Waals surface area contributed by atoms with Gasteiger partial charge in [-0.25, -0.2) is 4.99 Å². The number of anilines is 1. The van der Waals surface area contributed by atoms with Gasteiger partial charge < -0.3 is 14.8 Å². The Morgan fingerprint density at radius 1 is 1.03 bits per heavy atom. The number of ether oxygens (including phenoxy) is 2. The summed E-state index contributed by atoms with van der Waals surface area (Å²) in [6.07, 6.45) is 2.69. The van der Waals surface area contributed by atoms with Gasteiger partial charge in [0.1, 0.15) is 16.7 Å². The van der Waals surface area contributed by atoms with E-state index in [9.17, 15) is 9.59 Å². The van der Waals surface area contributed by atoms with Gasteiger partial charge in [0.25, 0.3) is 0 Å². The van der Waals surface area contributed by atoms with Gasteiger partial charge in [0.2, 0.25) is 11.8 Å². The van der Waals surface area contributed by atoms with E-state index in [4.69, 9.17) is 14.5 Å². The van der Waals surface area contributed by atoms with Crippen molar-refractivity contribution in [3.8, 4) is 11.5 Å². The van der Waals surface area contributed by atoms with E-state index in [1.807, 2.05) is 61.5 Å². The van der Waals surface area contributed by atoms with E-state index in [0.717, 1.165) is 30.8 Å². The summed E-state index contributed by atoms with van der Waals surface area (Å²) in [4.78, 5) is 32.9. The van der Waals surface area contributed by atoms with Crippen LogP contribution in [-0.2, 0) is 16.0 Å². The van der Waals surface area contributed by atoms with Crippen molar-refractivity contribution in [2.75, 3.05) is 25.6 Å². The van der Waals surface area contributed by atoms with Crippen molar-refractivity contribution in [1.29, 1.82) is 0 Å². The standard InChI is InChI=1S/C30H33N3O4S/c1-3-20-37-26-17-13-23(14-18-26)31-29(35)27-21-28(34)33(19-7-10-22-8-5-4-6-9-22)30(38-27)32-24-11-15-25(36-2)16-12-24/h4-6,8-9,11-18,27H,3,7,10,19-21H2,1-2H3,(H,31,35). The van der Waals surface area contributed by atoms with Crippen LogP contribution < -0.4 is 14.8 Å². The molecule has 2 amide bonds. The molecule has 3 aromatic carbocycles. The first-order valence-electron chi connectivity index (χ1n) is 12.8.